The van der Waals surface area contributed by atoms with Crippen molar-refractivity contribution in [3.05, 3.63) is 0 Å². The van der Waals surface area contributed by atoms with Crippen LogP contribution >= 0.6 is 15.8 Å². The van der Waals surface area contributed by atoms with Gasteiger partial charge in [0.25, 0.3) is 0 Å². The molecule has 0 heterocycles. The van der Waals surface area contributed by atoms with Gasteiger partial charge in [-0.2, -0.15) is 0 Å². The first kappa shape index (κ1) is 24.5. The van der Waals surface area contributed by atoms with E-state index in [0.717, 1.165) is 28.6 Å². The minimum absolute atomic E-state index is 0.00912. The van der Waals surface area contributed by atoms with E-state index in [2.05, 4.69) is 48.5 Å². The Morgan fingerprint density at radius 3 is 1.45 bits per heavy atom. The summed E-state index contributed by atoms with van der Waals surface area (Å²) in [5, 5.41) is 0.942. The van der Waals surface area contributed by atoms with E-state index in [-0.39, 0.29) is 15.8 Å². The Balaban J connectivity index is 1.86. The molecule has 2 heteroatoms. The summed E-state index contributed by atoms with van der Waals surface area (Å²) in [6, 6.07) is 0. The summed E-state index contributed by atoms with van der Waals surface area (Å²) in [6.45, 7) is 18.0. The second-order valence-electron chi connectivity index (χ2n) is 12.6. The molecule has 0 nitrogen and oxygen atoms in total. The second kappa shape index (κ2) is 10.2. The van der Waals surface area contributed by atoms with Gasteiger partial charge in [-0.15, -0.1) is 0 Å². The molecule has 0 aromatic heterocycles. The van der Waals surface area contributed by atoms with Crippen LogP contribution in [0.4, 0.5) is 0 Å². The van der Waals surface area contributed by atoms with Gasteiger partial charge in [-0.3, -0.25) is 0 Å². The fraction of sp³-hybridized carbons (Fsp3) is 1.00. The van der Waals surface area contributed by atoms with Crippen molar-refractivity contribution in [1.82, 2.24) is 0 Å². The predicted molar refractivity (Wildman–Crippen MR) is 138 cm³/mol. The van der Waals surface area contributed by atoms with Crippen LogP contribution < -0.4 is 0 Å². The summed E-state index contributed by atoms with van der Waals surface area (Å²) in [6.07, 6.45) is 20.2. The van der Waals surface area contributed by atoms with E-state index in [9.17, 15) is 0 Å². The van der Waals surface area contributed by atoms with Gasteiger partial charge >= 0.3 is 0 Å². The highest BCUT2D eigenvalue weighted by atomic mass is 31.1. The van der Waals surface area contributed by atoms with Crippen LogP contribution in [0.1, 0.15) is 132 Å². The monoisotopic (exact) mass is 438 g/mol. The van der Waals surface area contributed by atoms with Gasteiger partial charge in [0.2, 0.25) is 0 Å². The summed E-state index contributed by atoms with van der Waals surface area (Å²) >= 11 is 0. The minimum Gasteiger partial charge on any atom is -0.0968 e. The van der Waals surface area contributed by atoms with Gasteiger partial charge in [-0.05, 0) is 77.4 Å². The maximum Gasteiger partial charge on any atom is -0.0170 e. The molecule has 0 saturated heterocycles. The van der Waals surface area contributed by atoms with Crippen molar-refractivity contribution in [2.24, 2.45) is 5.92 Å². The van der Waals surface area contributed by atoms with E-state index in [1.807, 2.05) is 0 Å². The maximum absolute atomic E-state index is 2.71. The maximum atomic E-state index is 2.71. The fourth-order valence-electron chi connectivity index (χ4n) is 7.92. The molecule has 3 atom stereocenters. The normalized spacial score (nSPS) is 29.7. The summed E-state index contributed by atoms with van der Waals surface area (Å²) in [5.74, 6) is 1.04. The molecule has 3 fully saturated rings. The summed E-state index contributed by atoms with van der Waals surface area (Å²) in [5.41, 5.74) is 4.32. The molecule has 0 aliphatic heterocycles. The molecular weight excluding hydrogens is 386 g/mol. The summed E-state index contributed by atoms with van der Waals surface area (Å²) in [7, 11) is 0.253. The summed E-state index contributed by atoms with van der Waals surface area (Å²) < 4.78 is 0. The van der Waals surface area contributed by atoms with E-state index in [1.54, 1.807) is 64.2 Å². The van der Waals surface area contributed by atoms with Gasteiger partial charge in [0.15, 0.2) is 0 Å². The van der Waals surface area contributed by atoms with Crippen molar-refractivity contribution in [2.75, 3.05) is 0 Å². The van der Waals surface area contributed by atoms with E-state index in [1.165, 1.54) is 19.3 Å². The fourth-order valence-corrected chi connectivity index (χ4v) is 18.2. The van der Waals surface area contributed by atoms with Crippen molar-refractivity contribution in [3.8, 4) is 0 Å². The van der Waals surface area contributed by atoms with Crippen LogP contribution in [-0.2, 0) is 0 Å². The first-order valence-electron chi connectivity index (χ1n) is 13.2. The van der Waals surface area contributed by atoms with Crippen molar-refractivity contribution in [2.45, 2.75) is 165 Å². The van der Waals surface area contributed by atoms with E-state index < -0.39 is 0 Å². The molecular formula is C27H52P2. The third-order valence-corrected chi connectivity index (χ3v) is 16.6. The van der Waals surface area contributed by atoms with Crippen LogP contribution in [0.5, 0.6) is 0 Å². The van der Waals surface area contributed by atoms with Crippen LogP contribution in [0, 0.1) is 5.92 Å². The van der Waals surface area contributed by atoms with Crippen molar-refractivity contribution in [1.29, 1.82) is 0 Å². The van der Waals surface area contributed by atoms with Crippen LogP contribution in [-0.4, -0.2) is 32.9 Å². The Bertz CT molecular complexity index is 456. The highest BCUT2D eigenvalue weighted by Crippen LogP contribution is 2.70. The molecule has 0 N–H and O–H groups in total. The molecule has 0 aromatic rings. The molecule has 0 bridgehead atoms. The van der Waals surface area contributed by atoms with Gasteiger partial charge in [0.05, 0.1) is 0 Å². The lowest BCUT2D eigenvalue weighted by molar-refractivity contribution is 0.466. The Hall–Kier alpha value is 0.860. The van der Waals surface area contributed by atoms with Crippen LogP contribution in [0.2, 0.25) is 0 Å². The average Bonchev–Trinajstić information content (AvgIpc) is 3.11. The molecule has 0 aromatic carbocycles. The number of hydrogen-bond acceptors (Lipinski definition) is 0. The molecule has 3 aliphatic rings. The Morgan fingerprint density at radius 1 is 0.586 bits per heavy atom. The molecule has 3 rings (SSSR count). The van der Waals surface area contributed by atoms with Gasteiger partial charge in [-0.25, -0.2) is 0 Å². The Labute approximate surface area is 186 Å². The van der Waals surface area contributed by atoms with E-state index >= 15 is 0 Å². The molecule has 0 radical (unpaired) electrons. The van der Waals surface area contributed by atoms with Crippen molar-refractivity contribution < 1.29 is 0 Å². The highest BCUT2D eigenvalue weighted by molar-refractivity contribution is 7.62. The van der Waals surface area contributed by atoms with Gasteiger partial charge in [0.1, 0.15) is 0 Å². The Kier molecular flexibility index (Phi) is 8.62. The molecule has 1 unspecified atom stereocenters. The third-order valence-electron chi connectivity index (χ3n) is 8.38. The Morgan fingerprint density at radius 2 is 1.03 bits per heavy atom. The topological polar surface area (TPSA) is 0 Å². The lowest BCUT2D eigenvalue weighted by Gasteiger charge is -2.51. The standard InChI is InChI=1S/C27H52P2/c1-21(29(26(2,3)4)27(5,6)7)24-19-14-20-25(24)28(22-15-10-8-11-16-22)23-17-12-9-13-18-23/h21-25H,8-20H2,1-7H3/t21-,24?,25+/m1/s1. The average molecular weight is 439 g/mol. The minimum atomic E-state index is 0.00912. The van der Waals surface area contributed by atoms with Crippen molar-refractivity contribution >= 4 is 15.8 Å². The lowest BCUT2D eigenvalue weighted by Crippen LogP contribution is -2.37. The molecule has 29 heavy (non-hydrogen) atoms. The largest absolute Gasteiger partial charge is 0.0968 e. The smallest absolute Gasteiger partial charge is 0.0170 e. The molecule has 3 aliphatic carbocycles. The number of rotatable bonds is 5. The predicted octanol–water partition coefficient (Wildman–Crippen LogP) is 9.77. The third kappa shape index (κ3) is 6.01. The van der Waals surface area contributed by atoms with Gasteiger partial charge < -0.3 is 0 Å². The second-order valence-corrected chi connectivity index (χ2v) is 19.9. The van der Waals surface area contributed by atoms with Gasteiger partial charge in [-0.1, -0.05) is 109 Å². The number of hydrogen-bond donors (Lipinski definition) is 0. The van der Waals surface area contributed by atoms with E-state index in [4.69, 9.17) is 0 Å². The molecule has 0 amide bonds. The highest BCUT2D eigenvalue weighted by Gasteiger charge is 2.48. The van der Waals surface area contributed by atoms with Crippen LogP contribution in [0.3, 0.4) is 0 Å². The van der Waals surface area contributed by atoms with E-state index in [0.29, 0.717) is 10.3 Å². The zero-order chi connectivity index (χ0) is 21.2. The molecule has 170 valence electrons. The zero-order valence-corrected chi connectivity index (χ0v) is 22.8. The van der Waals surface area contributed by atoms with Crippen molar-refractivity contribution in [3.63, 3.8) is 0 Å². The molecule has 3 saturated carbocycles. The first-order valence-corrected chi connectivity index (χ1v) is 16.1. The lowest BCUT2D eigenvalue weighted by atomic mass is 9.99. The zero-order valence-electron chi connectivity index (χ0n) is 21.0. The van der Waals surface area contributed by atoms with Crippen LogP contribution in [0.15, 0.2) is 0 Å². The first-order chi connectivity index (χ1) is 13.6. The summed E-state index contributed by atoms with van der Waals surface area (Å²) in [4.78, 5) is 0. The molecule has 0 spiro atoms. The van der Waals surface area contributed by atoms with Gasteiger partial charge in [0, 0.05) is 0 Å². The SMILES string of the molecule is C[C@H](C1CCC[C@@H]1P(C1CCCCC1)C1CCCCC1)P(C(C)(C)C)C(C)(C)C. The van der Waals surface area contributed by atoms with Crippen LogP contribution in [0.25, 0.3) is 0 Å². The quantitative estimate of drug-likeness (QED) is 0.375.